The third-order valence-electron chi connectivity index (χ3n) is 5.23. The normalized spacial score (nSPS) is 46.6. The van der Waals surface area contributed by atoms with Gasteiger partial charge in [-0.3, -0.25) is 0 Å². The van der Waals surface area contributed by atoms with Gasteiger partial charge in [-0.05, 0) is 44.4 Å². The number of esters is 1. The molecule has 0 amide bonds. The summed E-state index contributed by atoms with van der Waals surface area (Å²) in [5.41, 5.74) is 2.55. The van der Waals surface area contributed by atoms with Gasteiger partial charge in [-0.2, -0.15) is 0 Å². The number of carbonyl (C=O) groups excluding carboxylic acids is 1. The monoisotopic (exact) mass is 246 g/mol. The van der Waals surface area contributed by atoms with E-state index in [1.807, 2.05) is 0 Å². The molecule has 18 heavy (non-hydrogen) atoms. The van der Waals surface area contributed by atoms with Gasteiger partial charge in [0.05, 0.1) is 0 Å². The summed E-state index contributed by atoms with van der Waals surface area (Å²) in [5, 5.41) is 0. The summed E-state index contributed by atoms with van der Waals surface area (Å²) in [6, 6.07) is 0. The first-order valence-electron chi connectivity index (χ1n) is 7.07. The zero-order valence-corrected chi connectivity index (χ0v) is 11.4. The van der Waals surface area contributed by atoms with Crippen LogP contribution < -0.4 is 0 Å². The number of fused-ring (bicyclic) bond motifs is 3. The van der Waals surface area contributed by atoms with Crippen LogP contribution in [-0.2, 0) is 9.53 Å². The number of ether oxygens (including phenoxy) is 1. The summed E-state index contributed by atoms with van der Waals surface area (Å²) in [4.78, 5) is 11.8. The molecule has 1 saturated carbocycles. The Labute approximate surface area is 109 Å². The predicted molar refractivity (Wildman–Crippen MR) is 70.9 cm³/mol. The fraction of sp³-hybridized carbons (Fsp3) is 0.688. The van der Waals surface area contributed by atoms with Crippen LogP contribution in [-0.4, -0.2) is 12.1 Å². The lowest BCUT2D eigenvalue weighted by Crippen LogP contribution is -2.23. The van der Waals surface area contributed by atoms with E-state index in [-0.39, 0.29) is 18.0 Å². The Morgan fingerprint density at radius 2 is 2.28 bits per heavy atom. The highest BCUT2D eigenvalue weighted by Crippen LogP contribution is 2.61. The highest BCUT2D eigenvalue weighted by molar-refractivity contribution is 5.90. The Balaban J connectivity index is 1.87. The molecule has 0 spiro atoms. The van der Waals surface area contributed by atoms with Crippen LogP contribution in [0, 0.1) is 17.3 Å². The molecular formula is C16H22O2. The molecule has 1 heterocycles. The molecule has 0 radical (unpaired) electrons. The largest absolute Gasteiger partial charge is 0.458 e. The van der Waals surface area contributed by atoms with E-state index in [0.29, 0.717) is 16.9 Å². The Bertz CT molecular complexity index is 434. The summed E-state index contributed by atoms with van der Waals surface area (Å²) in [5.74, 6) is 0.670. The van der Waals surface area contributed by atoms with Gasteiger partial charge in [-0.15, -0.1) is 0 Å². The Morgan fingerprint density at radius 1 is 1.50 bits per heavy atom. The van der Waals surface area contributed by atoms with E-state index in [9.17, 15) is 4.79 Å². The van der Waals surface area contributed by atoms with Crippen LogP contribution in [0.1, 0.15) is 46.0 Å². The Kier molecular flexibility index (Phi) is 2.65. The third-order valence-corrected chi connectivity index (χ3v) is 5.23. The second-order valence-corrected chi connectivity index (χ2v) is 6.59. The van der Waals surface area contributed by atoms with E-state index in [2.05, 4.69) is 26.5 Å². The van der Waals surface area contributed by atoms with Crippen molar-refractivity contribution in [3.05, 3.63) is 23.8 Å². The molecule has 3 rings (SSSR count). The summed E-state index contributed by atoms with van der Waals surface area (Å²) in [6.45, 7) is 8.49. The molecule has 0 aromatic carbocycles. The lowest BCUT2D eigenvalue weighted by Gasteiger charge is -2.22. The van der Waals surface area contributed by atoms with Crippen molar-refractivity contribution in [3.63, 3.8) is 0 Å². The minimum atomic E-state index is -0.153. The molecule has 3 aliphatic rings. The third kappa shape index (κ3) is 1.82. The SMILES string of the molecule is C=C1C(=O)O[C@H]2[C@H]1CC/C(C)=C/CC[C@@]1(C)C[C@@H]21. The van der Waals surface area contributed by atoms with Crippen molar-refractivity contribution in [2.24, 2.45) is 17.3 Å². The van der Waals surface area contributed by atoms with Gasteiger partial charge < -0.3 is 4.74 Å². The van der Waals surface area contributed by atoms with E-state index in [1.165, 1.54) is 24.8 Å². The molecule has 0 unspecified atom stereocenters. The number of carbonyl (C=O) groups is 1. The molecule has 0 aromatic rings. The van der Waals surface area contributed by atoms with Crippen LogP contribution >= 0.6 is 0 Å². The second kappa shape index (κ2) is 3.97. The van der Waals surface area contributed by atoms with Gasteiger partial charge in [0.1, 0.15) is 6.10 Å². The van der Waals surface area contributed by atoms with Gasteiger partial charge in [-0.1, -0.05) is 25.2 Å². The van der Waals surface area contributed by atoms with Gasteiger partial charge in [0.2, 0.25) is 0 Å². The van der Waals surface area contributed by atoms with Crippen molar-refractivity contribution in [3.8, 4) is 0 Å². The topological polar surface area (TPSA) is 26.3 Å². The molecule has 0 aromatic heterocycles. The van der Waals surface area contributed by atoms with E-state index in [4.69, 9.17) is 4.74 Å². The average molecular weight is 246 g/mol. The lowest BCUT2D eigenvalue weighted by atomic mass is 9.84. The summed E-state index contributed by atoms with van der Waals surface area (Å²) >= 11 is 0. The van der Waals surface area contributed by atoms with Gasteiger partial charge >= 0.3 is 5.97 Å². The van der Waals surface area contributed by atoms with Crippen LogP contribution in [0.4, 0.5) is 0 Å². The van der Waals surface area contributed by atoms with Gasteiger partial charge in [0.25, 0.3) is 0 Å². The number of rotatable bonds is 0. The first-order valence-corrected chi connectivity index (χ1v) is 7.07. The molecule has 2 nitrogen and oxygen atoms in total. The summed E-state index contributed by atoms with van der Waals surface area (Å²) in [7, 11) is 0. The van der Waals surface area contributed by atoms with E-state index in [1.54, 1.807) is 0 Å². The molecular weight excluding hydrogens is 224 g/mol. The van der Waals surface area contributed by atoms with E-state index >= 15 is 0 Å². The zero-order valence-electron chi connectivity index (χ0n) is 11.4. The highest BCUT2D eigenvalue weighted by atomic mass is 16.6. The fourth-order valence-corrected chi connectivity index (χ4v) is 3.71. The minimum Gasteiger partial charge on any atom is -0.458 e. The van der Waals surface area contributed by atoms with Crippen molar-refractivity contribution in [1.82, 2.24) is 0 Å². The molecule has 2 fully saturated rings. The van der Waals surface area contributed by atoms with Crippen molar-refractivity contribution in [1.29, 1.82) is 0 Å². The molecule has 98 valence electrons. The van der Waals surface area contributed by atoms with Crippen molar-refractivity contribution >= 4 is 5.97 Å². The molecule has 1 saturated heterocycles. The number of hydrogen-bond donors (Lipinski definition) is 0. The first-order chi connectivity index (χ1) is 8.51. The van der Waals surface area contributed by atoms with Crippen LogP contribution in [0.5, 0.6) is 0 Å². The summed E-state index contributed by atoms with van der Waals surface area (Å²) in [6.07, 6.45) is 8.18. The summed E-state index contributed by atoms with van der Waals surface area (Å²) < 4.78 is 5.61. The lowest BCUT2D eigenvalue weighted by molar-refractivity contribution is -0.140. The highest BCUT2D eigenvalue weighted by Gasteiger charge is 2.59. The van der Waals surface area contributed by atoms with Gasteiger partial charge in [0, 0.05) is 17.4 Å². The number of allylic oxidation sites excluding steroid dienone is 2. The second-order valence-electron chi connectivity index (χ2n) is 6.59. The molecule has 2 heteroatoms. The maximum absolute atomic E-state index is 11.8. The maximum atomic E-state index is 11.8. The predicted octanol–water partition coefficient (Wildman–Crippen LogP) is 3.63. The minimum absolute atomic E-state index is 0.112. The van der Waals surface area contributed by atoms with Gasteiger partial charge in [-0.25, -0.2) is 4.79 Å². The van der Waals surface area contributed by atoms with Crippen molar-refractivity contribution < 1.29 is 9.53 Å². The van der Waals surface area contributed by atoms with Crippen molar-refractivity contribution in [2.75, 3.05) is 0 Å². The number of hydrogen-bond acceptors (Lipinski definition) is 2. The average Bonchev–Trinajstić information content (AvgIpc) is 2.90. The van der Waals surface area contributed by atoms with Crippen molar-refractivity contribution in [2.45, 2.75) is 52.1 Å². The Hall–Kier alpha value is -1.05. The quantitative estimate of drug-likeness (QED) is 0.370. The smallest absolute Gasteiger partial charge is 0.334 e. The molecule has 0 bridgehead atoms. The molecule has 2 aliphatic carbocycles. The maximum Gasteiger partial charge on any atom is 0.334 e. The van der Waals surface area contributed by atoms with E-state index in [0.717, 1.165) is 12.8 Å². The molecule has 0 N–H and O–H groups in total. The zero-order chi connectivity index (χ0) is 12.9. The van der Waals surface area contributed by atoms with Crippen LogP contribution in [0.15, 0.2) is 23.8 Å². The van der Waals surface area contributed by atoms with Crippen LogP contribution in [0.25, 0.3) is 0 Å². The van der Waals surface area contributed by atoms with Crippen LogP contribution in [0.2, 0.25) is 0 Å². The molecule has 1 aliphatic heterocycles. The first kappa shape index (κ1) is 12.0. The molecule has 4 atom stereocenters. The van der Waals surface area contributed by atoms with Crippen LogP contribution in [0.3, 0.4) is 0 Å². The Morgan fingerprint density at radius 3 is 3.06 bits per heavy atom. The van der Waals surface area contributed by atoms with Gasteiger partial charge in [0.15, 0.2) is 0 Å². The standard InChI is InChI=1S/C16H22O2/c1-10-5-4-8-16(3)9-13(16)14-12(7-6-10)11(2)15(17)18-14/h5,12-14H,2,4,6-9H2,1,3H3/b10-5+/t12-,13-,14-,16-/m0/s1. The van der Waals surface area contributed by atoms with E-state index < -0.39 is 0 Å². The fourth-order valence-electron chi connectivity index (χ4n) is 3.71.